The van der Waals surface area contributed by atoms with Crippen molar-refractivity contribution >= 4 is 28.3 Å². The van der Waals surface area contributed by atoms with Crippen molar-refractivity contribution in [2.45, 2.75) is 12.8 Å². The van der Waals surface area contributed by atoms with E-state index in [0.717, 1.165) is 22.5 Å². The van der Waals surface area contributed by atoms with Crippen molar-refractivity contribution in [2.24, 2.45) is 5.92 Å². The molecule has 0 amide bonds. The average molecular weight is 187 g/mol. The monoisotopic (exact) mass is 187 g/mol. The molecule has 1 rings (SSSR count). The molecule has 0 aromatic carbocycles. The highest BCUT2D eigenvalue weighted by Crippen LogP contribution is 2.27. The van der Waals surface area contributed by atoms with E-state index >= 15 is 0 Å². The number of rotatable bonds is 4. The highest BCUT2D eigenvalue weighted by atomic mass is 32.2. The molecule has 11 heavy (non-hydrogen) atoms. The maximum absolute atomic E-state index is 5.07. The molecule has 0 aromatic heterocycles. The van der Waals surface area contributed by atoms with Gasteiger partial charge in [-0.25, -0.2) is 0 Å². The summed E-state index contributed by atoms with van der Waals surface area (Å²) in [6.45, 7) is 4.70. The van der Waals surface area contributed by atoms with Crippen molar-refractivity contribution in [1.82, 2.24) is 5.32 Å². The Morgan fingerprint density at radius 1 is 1.73 bits per heavy atom. The summed E-state index contributed by atoms with van der Waals surface area (Å²) in [7, 11) is 0. The summed E-state index contributed by atoms with van der Waals surface area (Å²) in [5, 5.41) is 3.23. The van der Waals surface area contributed by atoms with Gasteiger partial charge in [-0.3, -0.25) is 0 Å². The molecule has 0 bridgehead atoms. The average Bonchev–Trinajstić information content (AvgIpc) is 2.80. The van der Waals surface area contributed by atoms with Gasteiger partial charge in [0.15, 0.2) is 0 Å². The lowest BCUT2D eigenvalue weighted by Gasteiger charge is -2.03. The van der Waals surface area contributed by atoms with Crippen LogP contribution in [0.2, 0.25) is 0 Å². The zero-order valence-corrected chi connectivity index (χ0v) is 8.14. The van der Waals surface area contributed by atoms with Crippen LogP contribution in [0.4, 0.5) is 0 Å². The van der Waals surface area contributed by atoms with Crippen LogP contribution in [0.5, 0.6) is 0 Å². The summed E-state index contributed by atoms with van der Waals surface area (Å²) < 4.78 is 0.914. The maximum atomic E-state index is 5.07. The van der Waals surface area contributed by atoms with E-state index in [2.05, 4.69) is 11.9 Å². The van der Waals surface area contributed by atoms with Crippen LogP contribution in [-0.4, -0.2) is 16.6 Å². The molecule has 0 unspecified atom stereocenters. The number of thioether (sulfide) groups is 1. The van der Waals surface area contributed by atoms with Crippen LogP contribution in [0.25, 0.3) is 0 Å². The van der Waals surface area contributed by atoms with E-state index in [0.29, 0.717) is 0 Å². The molecule has 62 valence electrons. The van der Waals surface area contributed by atoms with Gasteiger partial charge >= 0.3 is 0 Å². The van der Waals surface area contributed by atoms with E-state index in [-0.39, 0.29) is 0 Å². The van der Waals surface area contributed by atoms with Gasteiger partial charge in [0.1, 0.15) is 4.32 Å². The molecular formula is C8H13NS2. The highest BCUT2D eigenvalue weighted by molar-refractivity contribution is 8.23. The molecule has 0 aromatic rings. The third-order valence-corrected chi connectivity index (χ3v) is 2.87. The minimum atomic E-state index is 0.900. The number of hydrogen-bond donors (Lipinski definition) is 1. The van der Waals surface area contributed by atoms with Gasteiger partial charge in [0, 0.05) is 12.3 Å². The Bertz CT molecular complexity index is 152. The normalized spacial score (nSPS) is 16.0. The predicted molar refractivity (Wildman–Crippen MR) is 56.0 cm³/mol. The molecule has 1 nitrogen and oxygen atoms in total. The third kappa shape index (κ3) is 4.43. The van der Waals surface area contributed by atoms with Crippen LogP contribution < -0.4 is 5.32 Å². The summed E-state index contributed by atoms with van der Waals surface area (Å²) in [6, 6.07) is 0. The van der Waals surface area contributed by atoms with Crippen molar-refractivity contribution < 1.29 is 0 Å². The quantitative estimate of drug-likeness (QED) is 0.535. The molecule has 0 saturated heterocycles. The molecule has 1 N–H and O–H groups in total. The van der Waals surface area contributed by atoms with Gasteiger partial charge in [-0.1, -0.05) is 30.1 Å². The minimum Gasteiger partial charge on any atom is -0.371 e. The smallest absolute Gasteiger partial charge is 0.134 e. The molecule has 0 heterocycles. The van der Waals surface area contributed by atoms with Gasteiger partial charge in [0.05, 0.1) is 0 Å². The van der Waals surface area contributed by atoms with Gasteiger partial charge in [0.2, 0.25) is 0 Å². The van der Waals surface area contributed by atoms with Crippen LogP contribution in [0.1, 0.15) is 12.8 Å². The Morgan fingerprint density at radius 2 is 2.45 bits per heavy atom. The fraction of sp³-hybridized carbons (Fsp3) is 0.625. The third-order valence-electron chi connectivity index (χ3n) is 1.56. The molecule has 0 radical (unpaired) electrons. The zero-order chi connectivity index (χ0) is 8.10. The largest absolute Gasteiger partial charge is 0.371 e. The number of nitrogens with one attached hydrogen (secondary N) is 1. The van der Waals surface area contributed by atoms with Crippen LogP contribution in [0.3, 0.4) is 0 Å². The van der Waals surface area contributed by atoms with Crippen molar-refractivity contribution in [1.29, 1.82) is 0 Å². The Balaban J connectivity index is 1.95. The first-order valence-electron chi connectivity index (χ1n) is 3.84. The Hall–Kier alpha value is -0.0200. The van der Waals surface area contributed by atoms with Gasteiger partial charge in [0.25, 0.3) is 0 Å². The molecule has 1 aliphatic rings. The lowest BCUT2D eigenvalue weighted by molar-refractivity contribution is 0.783. The second kappa shape index (κ2) is 4.78. The van der Waals surface area contributed by atoms with Crippen molar-refractivity contribution in [3.63, 3.8) is 0 Å². The van der Waals surface area contributed by atoms with Crippen LogP contribution in [0, 0.1) is 5.92 Å². The van der Waals surface area contributed by atoms with Crippen LogP contribution >= 0.6 is 24.0 Å². The summed E-state index contributed by atoms with van der Waals surface area (Å²) in [5.41, 5.74) is 0. The van der Waals surface area contributed by atoms with E-state index in [4.69, 9.17) is 12.2 Å². The fourth-order valence-corrected chi connectivity index (χ4v) is 1.48. The lowest BCUT2D eigenvalue weighted by Crippen LogP contribution is -2.20. The van der Waals surface area contributed by atoms with E-state index in [1.165, 1.54) is 12.8 Å². The Kier molecular flexibility index (Phi) is 3.94. The number of hydrogen-bond acceptors (Lipinski definition) is 2. The predicted octanol–water partition coefficient (Wildman–Crippen LogP) is 2.19. The van der Waals surface area contributed by atoms with E-state index in [9.17, 15) is 0 Å². The molecule has 0 aliphatic heterocycles. The topological polar surface area (TPSA) is 12.0 Å². The van der Waals surface area contributed by atoms with Crippen LogP contribution in [-0.2, 0) is 0 Å². The Morgan fingerprint density at radius 3 is 3.00 bits per heavy atom. The lowest BCUT2D eigenvalue weighted by atomic mass is 10.4. The first-order chi connectivity index (χ1) is 5.33. The molecule has 1 saturated carbocycles. The maximum Gasteiger partial charge on any atom is 0.134 e. The second-order valence-electron chi connectivity index (χ2n) is 2.71. The molecule has 0 spiro atoms. The van der Waals surface area contributed by atoms with Gasteiger partial charge in [-0.2, -0.15) is 0 Å². The first kappa shape index (κ1) is 9.07. The number of thiocarbonyl (C=S) groups is 1. The van der Waals surface area contributed by atoms with Gasteiger partial charge in [-0.15, -0.1) is 6.58 Å². The SMILES string of the molecule is C=CCSC(=S)NCC1CC1. The standard InChI is InChI=1S/C8H13NS2/c1-2-5-11-8(10)9-6-7-3-4-7/h2,7H,1,3-6H2,(H,9,10). The zero-order valence-electron chi connectivity index (χ0n) is 6.51. The second-order valence-corrected chi connectivity index (χ2v) is 4.41. The first-order valence-corrected chi connectivity index (χ1v) is 5.24. The summed E-state index contributed by atoms with van der Waals surface area (Å²) in [4.78, 5) is 0. The molecule has 3 heteroatoms. The summed E-state index contributed by atoms with van der Waals surface area (Å²) in [6.07, 6.45) is 4.62. The molecule has 0 atom stereocenters. The molecule has 1 fully saturated rings. The van der Waals surface area contributed by atoms with Crippen molar-refractivity contribution in [3.05, 3.63) is 12.7 Å². The minimum absolute atomic E-state index is 0.900. The van der Waals surface area contributed by atoms with Crippen molar-refractivity contribution in [3.8, 4) is 0 Å². The van der Waals surface area contributed by atoms with E-state index < -0.39 is 0 Å². The highest BCUT2D eigenvalue weighted by Gasteiger charge is 2.20. The summed E-state index contributed by atoms with van der Waals surface area (Å²) in [5.74, 6) is 1.81. The summed E-state index contributed by atoms with van der Waals surface area (Å²) >= 11 is 6.72. The Labute approximate surface area is 77.6 Å². The van der Waals surface area contributed by atoms with Crippen molar-refractivity contribution in [2.75, 3.05) is 12.3 Å². The fourth-order valence-electron chi connectivity index (χ4n) is 0.735. The molecular weight excluding hydrogens is 174 g/mol. The molecule has 1 aliphatic carbocycles. The van der Waals surface area contributed by atoms with E-state index in [1.807, 2.05) is 6.08 Å². The van der Waals surface area contributed by atoms with Crippen LogP contribution in [0.15, 0.2) is 12.7 Å². The van der Waals surface area contributed by atoms with E-state index in [1.54, 1.807) is 11.8 Å². The van der Waals surface area contributed by atoms with Gasteiger partial charge < -0.3 is 5.32 Å². The van der Waals surface area contributed by atoms with Gasteiger partial charge in [-0.05, 0) is 18.8 Å².